The molecule has 7 nitrogen and oxygen atoms in total. The highest BCUT2D eigenvalue weighted by atomic mass is 32.2. The van der Waals surface area contributed by atoms with E-state index in [1.165, 1.54) is 26.2 Å². The zero-order valence-corrected chi connectivity index (χ0v) is 14.5. The van der Waals surface area contributed by atoms with Gasteiger partial charge in [0.25, 0.3) is 0 Å². The summed E-state index contributed by atoms with van der Waals surface area (Å²) in [5.74, 6) is 0.761. The molecule has 0 unspecified atom stereocenters. The van der Waals surface area contributed by atoms with Gasteiger partial charge in [-0.3, -0.25) is 4.79 Å². The van der Waals surface area contributed by atoms with Crippen molar-refractivity contribution in [1.82, 2.24) is 24.6 Å². The molecule has 0 saturated heterocycles. The van der Waals surface area contributed by atoms with Crippen LogP contribution in [0.5, 0.6) is 0 Å². The van der Waals surface area contributed by atoms with Crippen LogP contribution in [-0.2, 0) is 10.2 Å². The van der Waals surface area contributed by atoms with Crippen LogP contribution >= 0.6 is 11.8 Å². The summed E-state index contributed by atoms with van der Waals surface area (Å²) in [6, 6.07) is -0.280. The van der Waals surface area contributed by atoms with Gasteiger partial charge in [0.2, 0.25) is 5.91 Å². The van der Waals surface area contributed by atoms with Gasteiger partial charge in [-0.05, 0) is 0 Å². The van der Waals surface area contributed by atoms with Crippen molar-refractivity contribution >= 4 is 23.7 Å². The second-order valence-electron chi connectivity index (χ2n) is 6.13. The highest BCUT2D eigenvalue weighted by Gasteiger charge is 2.25. The Kier molecular flexibility index (Phi) is 5.38. The van der Waals surface area contributed by atoms with E-state index in [0.717, 1.165) is 0 Å². The Morgan fingerprint density at radius 3 is 2.14 bits per heavy atom. The fourth-order valence-electron chi connectivity index (χ4n) is 1.28. The minimum absolute atomic E-state index is 0.0378. The summed E-state index contributed by atoms with van der Waals surface area (Å²) in [5.41, 5.74) is -0.265. The predicted octanol–water partition coefficient (Wildman–Crippen LogP) is 1.29. The SMILES string of the molecule is CN(C)C(=O)CSc1nc(C(C)(C)C)nn1C(=O)N(C)C. The molecule has 1 rings (SSSR count). The van der Waals surface area contributed by atoms with Gasteiger partial charge in [0.1, 0.15) is 0 Å². The van der Waals surface area contributed by atoms with E-state index >= 15 is 0 Å². The van der Waals surface area contributed by atoms with Crippen LogP contribution in [0.4, 0.5) is 4.79 Å². The van der Waals surface area contributed by atoms with Crippen molar-refractivity contribution in [3.8, 4) is 0 Å². The minimum Gasteiger partial charge on any atom is -0.348 e. The Morgan fingerprint density at radius 2 is 1.71 bits per heavy atom. The van der Waals surface area contributed by atoms with Gasteiger partial charge >= 0.3 is 6.03 Å². The van der Waals surface area contributed by atoms with Crippen molar-refractivity contribution in [3.05, 3.63) is 5.82 Å². The first-order valence-corrected chi connectivity index (χ1v) is 7.54. The average Bonchev–Trinajstić information content (AvgIpc) is 2.78. The molecule has 21 heavy (non-hydrogen) atoms. The molecule has 0 aliphatic carbocycles. The largest absolute Gasteiger partial charge is 0.348 e. The summed E-state index contributed by atoms with van der Waals surface area (Å²) in [5, 5.41) is 4.73. The molecular weight excluding hydrogens is 290 g/mol. The molecule has 0 atom stereocenters. The first kappa shape index (κ1) is 17.5. The highest BCUT2D eigenvalue weighted by Crippen LogP contribution is 2.23. The first-order chi connectivity index (χ1) is 9.54. The molecule has 0 N–H and O–H groups in total. The molecule has 0 aromatic carbocycles. The average molecular weight is 313 g/mol. The van der Waals surface area contributed by atoms with Crippen LogP contribution in [0, 0.1) is 0 Å². The molecule has 1 aromatic heterocycles. The Balaban J connectivity index is 3.07. The third-order valence-electron chi connectivity index (χ3n) is 2.64. The fourth-order valence-corrected chi connectivity index (χ4v) is 2.18. The first-order valence-electron chi connectivity index (χ1n) is 6.56. The molecule has 0 radical (unpaired) electrons. The number of hydrogen-bond donors (Lipinski definition) is 0. The van der Waals surface area contributed by atoms with Crippen molar-refractivity contribution in [2.45, 2.75) is 31.3 Å². The van der Waals surface area contributed by atoms with Crippen molar-refractivity contribution in [1.29, 1.82) is 0 Å². The van der Waals surface area contributed by atoms with Gasteiger partial charge in [-0.1, -0.05) is 32.5 Å². The third-order valence-corrected chi connectivity index (χ3v) is 3.55. The molecule has 0 bridgehead atoms. The number of carbonyl (C=O) groups excluding carboxylic acids is 2. The Morgan fingerprint density at radius 1 is 1.14 bits per heavy atom. The van der Waals surface area contributed by atoms with Gasteiger partial charge < -0.3 is 9.80 Å². The van der Waals surface area contributed by atoms with Crippen molar-refractivity contribution in [2.24, 2.45) is 0 Å². The van der Waals surface area contributed by atoms with Gasteiger partial charge in [-0.25, -0.2) is 9.78 Å². The molecule has 2 amide bonds. The lowest BCUT2D eigenvalue weighted by Crippen LogP contribution is -2.29. The zero-order valence-electron chi connectivity index (χ0n) is 13.7. The van der Waals surface area contributed by atoms with Crippen LogP contribution in [0.3, 0.4) is 0 Å². The molecular formula is C13H23N5O2S. The normalized spacial score (nSPS) is 11.4. The lowest BCUT2D eigenvalue weighted by molar-refractivity contribution is -0.125. The van der Waals surface area contributed by atoms with Crippen LogP contribution < -0.4 is 0 Å². The standard InChI is InChI=1S/C13H23N5O2S/c1-13(2,3)10-14-11(21-8-9(19)16(4)5)18(15-10)12(20)17(6)7/h8H2,1-7H3. The second-order valence-corrected chi connectivity index (χ2v) is 7.08. The number of nitrogens with zero attached hydrogens (tertiary/aromatic N) is 5. The monoisotopic (exact) mass is 313 g/mol. The lowest BCUT2D eigenvalue weighted by atomic mass is 9.96. The van der Waals surface area contributed by atoms with Crippen molar-refractivity contribution in [2.75, 3.05) is 33.9 Å². The number of aromatic nitrogens is 3. The van der Waals surface area contributed by atoms with E-state index in [0.29, 0.717) is 11.0 Å². The lowest BCUT2D eigenvalue weighted by Gasteiger charge is -2.13. The highest BCUT2D eigenvalue weighted by molar-refractivity contribution is 7.99. The Hall–Kier alpha value is -1.57. The minimum atomic E-state index is -0.280. The maximum absolute atomic E-state index is 12.2. The van der Waals surface area contributed by atoms with Gasteiger partial charge in [0.05, 0.1) is 5.75 Å². The number of amides is 2. The number of hydrogen-bond acceptors (Lipinski definition) is 5. The fraction of sp³-hybridized carbons (Fsp3) is 0.692. The Bertz CT molecular complexity index is 531. The molecule has 0 fully saturated rings. The second kappa shape index (κ2) is 6.46. The van der Waals surface area contributed by atoms with E-state index < -0.39 is 0 Å². The molecule has 0 spiro atoms. The van der Waals surface area contributed by atoms with Crippen LogP contribution in [0.25, 0.3) is 0 Å². The van der Waals surface area contributed by atoms with E-state index in [4.69, 9.17) is 0 Å². The van der Waals surface area contributed by atoms with Crippen LogP contribution in [0.15, 0.2) is 5.16 Å². The van der Waals surface area contributed by atoms with Gasteiger partial charge in [-0.15, -0.1) is 5.10 Å². The van der Waals surface area contributed by atoms with Crippen LogP contribution in [0.1, 0.15) is 26.6 Å². The van der Waals surface area contributed by atoms with Gasteiger partial charge in [0.15, 0.2) is 11.0 Å². The number of rotatable bonds is 3. The van der Waals surface area contributed by atoms with E-state index in [1.807, 2.05) is 20.8 Å². The summed E-state index contributed by atoms with van der Waals surface area (Å²) in [6.45, 7) is 5.94. The summed E-state index contributed by atoms with van der Waals surface area (Å²) >= 11 is 1.22. The molecule has 1 aromatic rings. The molecule has 118 valence electrons. The van der Waals surface area contributed by atoms with Crippen molar-refractivity contribution in [3.63, 3.8) is 0 Å². The molecule has 0 aliphatic heterocycles. The number of carbonyl (C=O) groups is 2. The smallest absolute Gasteiger partial charge is 0.346 e. The summed E-state index contributed by atoms with van der Waals surface area (Å²) in [4.78, 5) is 31.2. The van der Waals surface area contributed by atoms with Crippen molar-refractivity contribution < 1.29 is 9.59 Å². The van der Waals surface area contributed by atoms with E-state index in [2.05, 4.69) is 10.1 Å². The molecule has 0 aliphatic rings. The molecule has 1 heterocycles. The maximum atomic E-state index is 12.2. The van der Waals surface area contributed by atoms with Gasteiger partial charge in [-0.2, -0.15) is 4.68 Å². The topological polar surface area (TPSA) is 71.3 Å². The molecule has 8 heteroatoms. The maximum Gasteiger partial charge on any atom is 0.346 e. The predicted molar refractivity (Wildman–Crippen MR) is 82.6 cm³/mol. The van der Waals surface area contributed by atoms with E-state index in [9.17, 15) is 9.59 Å². The van der Waals surface area contributed by atoms with Crippen LogP contribution in [-0.4, -0.2) is 70.4 Å². The summed E-state index contributed by atoms with van der Waals surface area (Å²) in [6.07, 6.45) is 0. The number of thioether (sulfide) groups is 1. The third kappa shape index (κ3) is 4.45. The zero-order chi connectivity index (χ0) is 16.4. The quantitative estimate of drug-likeness (QED) is 0.786. The molecule has 0 saturated carbocycles. The Labute approximate surface area is 129 Å². The van der Waals surface area contributed by atoms with E-state index in [1.54, 1.807) is 28.2 Å². The van der Waals surface area contributed by atoms with Crippen LogP contribution in [0.2, 0.25) is 0 Å². The summed E-state index contributed by atoms with van der Waals surface area (Å²) in [7, 11) is 6.69. The van der Waals surface area contributed by atoms with Gasteiger partial charge in [0, 0.05) is 33.6 Å². The van der Waals surface area contributed by atoms with E-state index in [-0.39, 0.29) is 23.1 Å². The summed E-state index contributed by atoms with van der Waals surface area (Å²) < 4.78 is 1.26.